The first kappa shape index (κ1) is 20.5. The predicted molar refractivity (Wildman–Crippen MR) is 113 cm³/mol. The molecule has 10 nitrogen and oxygen atoms in total. The van der Waals surface area contributed by atoms with Gasteiger partial charge < -0.3 is 19.1 Å². The molecule has 10 heteroatoms. The lowest BCUT2D eigenvalue weighted by atomic mass is 9.76. The maximum Gasteiger partial charge on any atom is 0.357 e. The summed E-state index contributed by atoms with van der Waals surface area (Å²) < 4.78 is 17.1. The zero-order valence-corrected chi connectivity index (χ0v) is 17.7. The van der Waals surface area contributed by atoms with E-state index in [9.17, 15) is 20.2 Å². The van der Waals surface area contributed by atoms with Gasteiger partial charge in [-0.15, -0.1) is 0 Å². The number of fused-ring (bicyclic) bond motifs is 2. The topological polar surface area (TPSA) is 117 Å². The predicted octanol–water partition coefficient (Wildman–Crippen LogP) is 4.05. The van der Waals surface area contributed by atoms with Crippen LogP contribution in [0.4, 0.5) is 17.1 Å². The second kappa shape index (κ2) is 6.59. The molecule has 2 heterocycles. The molecule has 0 N–H and O–H groups in total. The van der Waals surface area contributed by atoms with Crippen LogP contribution >= 0.6 is 0 Å². The molecule has 0 radical (unpaired) electrons. The Balaban J connectivity index is 1.95. The Morgan fingerprint density at radius 2 is 1.77 bits per heavy atom. The van der Waals surface area contributed by atoms with E-state index in [2.05, 4.69) is 0 Å². The smallest absolute Gasteiger partial charge is 0.357 e. The second-order valence-electron chi connectivity index (χ2n) is 7.90. The Labute approximate surface area is 177 Å². The summed E-state index contributed by atoms with van der Waals surface area (Å²) in [5, 5.41) is 23.2. The van der Waals surface area contributed by atoms with Crippen LogP contribution in [0.1, 0.15) is 25.0 Å². The van der Waals surface area contributed by atoms with Crippen LogP contribution in [-0.4, -0.2) is 36.8 Å². The largest absolute Gasteiger partial charge is 0.497 e. The Bertz CT molecular complexity index is 1160. The normalized spacial score (nSPS) is 20.1. The van der Waals surface area contributed by atoms with E-state index in [0.717, 1.165) is 17.3 Å². The number of hydrogen-bond acceptors (Lipinski definition) is 8. The lowest BCUT2D eigenvalue weighted by Crippen LogP contribution is -2.58. The number of rotatable bonds is 4. The molecule has 2 aliphatic heterocycles. The monoisotopic (exact) mass is 427 g/mol. The van der Waals surface area contributed by atoms with Gasteiger partial charge in [-0.2, -0.15) is 0 Å². The van der Waals surface area contributed by atoms with Gasteiger partial charge in [0.1, 0.15) is 11.3 Å². The number of methoxy groups -OCH3 is 2. The fraction of sp³-hybridized carbons (Fsp3) is 0.333. The van der Waals surface area contributed by atoms with Gasteiger partial charge in [0, 0.05) is 18.8 Å². The number of anilines is 1. The average Bonchev–Trinajstić information content (AvgIpc) is 2.90. The van der Waals surface area contributed by atoms with Crippen molar-refractivity contribution in [3.63, 3.8) is 0 Å². The molecule has 4 rings (SSSR count). The first-order valence-corrected chi connectivity index (χ1v) is 9.43. The van der Waals surface area contributed by atoms with Gasteiger partial charge in [-0.3, -0.25) is 20.2 Å². The highest BCUT2D eigenvalue weighted by molar-refractivity contribution is 5.82. The van der Waals surface area contributed by atoms with E-state index < -0.39 is 32.4 Å². The van der Waals surface area contributed by atoms with Gasteiger partial charge >= 0.3 is 11.4 Å². The minimum atomic E-state index is -1.05. The molecule has 0 aromatic heterocycles. The van der Waals surface area contributed by atoms with Gasteiger partial charge in [0.05, 0.1) is 35.5 Å². The van der Waals surface area contributed by atoms with Crippen molar-refractivity contribution in [2.24, 2.45) is 0 Å². The number of ether oxygens (including phenoxy) is 3. The van der Waals surface area contributed by atoms with Crippen LogP contribution in [0.25, 0.3) is 6.08 Å². The number of likely N-dealkylation sites (N-methyl/N-ethyl adjacent to an activating group) is 1. The molecule has 0 amide bonds. The second-order valence-corrected chi connectivity index (χ2v) is 7.90. The lowest BCUT2D eigenvalue weighted by molar-refractivity contribution is -0.422. The van der Waals surface area contributed by atoms with Crippen LogP contribution in [0.2, 0.25) is 0 Å². The van der Waals surface area contributed by atoms with Crippen LogP contribution in [0.3, 0.4) is 0 Å². The molecule has 0 saturated heterocycles. The fourth-order valence-electron chi connectivity index (χ4n) is 4.52. The molecule has 31 heavy (non-hydrogen) atoms. The van der Waals surface area contributed by atoms with Crippen LogP contribution in [0.5, 0.6) is 17.2 Å². The highest BCUT2D eigenvalue weighted by Gasteiger charge is 2.58. The molecule has 1 spiro atoms. The van der Waals surface area contributed by atoms with Gasteiger partial charge in [-0.25, -0.2) is 0 Å². The standard InChI is InChI=1S/C21H21N3O7/c1-20(2)14-7-6-12(29-4)10-15(14)22(3)21(20)9-8-13-18(24(27)28)16(23(25)26)11-17(30-5)19(13)31-21/h6-11H,1-5H3. The lowest BCUT2D eigenvalue weighted by Gasteiger charge is -2.45. The molecular weight excluding hydrogens is 406 g/mol. The third-order valence-electron chi connectivity index (χ3n) is 6.20. The molecule has 0 bridgehead atoms. The first-order chi connectivity index (χ1) is 14.6. The molecule has 2 aromatic carbocycles. The van der Waals surface area contributed by atoms with E-state index in [0.29, 0.717) is 5.75 Å². The van der Waals surface area contributed by atoms with Crippen molar-refractivity contribution >= 4 is 23.1 Å². The highest BCUT2D eigenvalue weighted by atomic mass is 16.6. The zero-order chi connectivity index (χ0) is 22.7. The maximum atomic E-state index is 11.7. The molecule has 1 atom stereocenters. The number of nitro groups is 2. The van der Waals surface area contributed by atoms with Crippen LogP contribution in [-0.2, 0) is 5.41 Å². The Hall–Kier alpha value is -3.82. The van der Waals surface area contributed by atoms with Gasteiger partial charge in [-0.05, 0) is 37.6 Å². The van der Waals surface area contributed by atoms with Crippen LogP contribution in [0.15, 0.2) is 30.3 Å². The zero-order valence-electron chi connectivity index (χ0n) is 17.7. The summed E-state index contributed by atoms with van der Waals surface area (Å²) in [5.74, 6) is 0.818. The summed E-state index contributed by atoms with van der Waals surface area (Å²) in [6, 6.07) is 6.75. The maximum absolute atomic E-state index is 11.7. The Morgan fingerprint density at radius 1 is 1.06 bits per heavy atom. The summed E-state index contributed by atoms with van der Waals surface area (Å²) in [5.41, 5.74) is -1.04. The minimum Gasteiger partial charge on any atom is -0.497 e. The van der Waals surface area contributed by atoms with E-state index in [-0.39, 0.29) is 17.1 Å². The first-order valence-electron chi connectivity index (χ1n) is 9.43. The van der Waals surface area contributed by atoms with Gasteiger partial charge in [0.15, 0.2) is 11.5 Å². The average molecular weight is 427 g/mol. The van der Waals surface area contributed by atoms with Crippen molar-refractivity contribution in [3.05, 3.63) is 61.7 Å². The summed E-state index contributed by atoms with van der Waals surface area (Å²) >= 11 is 0. The molecule has 0 fully saturated rings. The summed E-state index contributed by atoms with van der Waals surface area (Å²) in [7, 11) is 4.78. The van der Waals surface area contributed by atoms with E-state index >= 15 is 0 Å². The molecule has 2 aliphatic rings. The van der Waals surface area contributed by atoms with Crippen molar-refractivity contribution in [1.82, 2.24) is 0 Å². The van der Waals surface area contributed by atoms with E-state index in [4.69, 9.17) is 14.2 Å². The molecule has 0 aliphatic carbocycles. The van der Waals surface area contributed by atoms with Gasteiger partial charge in [0.25, 0.3) is 0 Å². The quantitative estimate of drug-likeness (QED) is 0.530. The van der Waals surface area contributed by atoms with Crippen molar-refractivity contribution in [2.45, 2.75) is 25.0 Å². The fourth-order valence-corrected chi connectivity index (χ4v) is 4.52. The molecule has 1 unspecified atom stereocenters. The third-order valence-corrected chi connectivity index (χ3v) is 6.20. The molecule has 2 aromatic rings. The van der Waals surface area contributed by atoms with E-state index in [1.54, 1.807) is 13.2 Å². The SMILES string of the molecule is COc1ccc2c(c1)N(C)C1(C=Cc3c(c(OC)cc([N+](=O)[O-])c3[N+](=O)[O-])O1)C2(C)C. The van der Waals surface area contributed by atoms with Gasteiger partial charge in [-0.1, -0.05) is 6.07 Å². The van der Waals surface area contributed by atoms with Crippen LogP contribution < -0.4 is 19.1 Å². The Kier molecular flexibility index (Phi) is 4.35. The van der Waals surface area contributed by atoms with E-state index in [1.807, 2.05) is 44.0 Å². The Morgan fingerprint density at radius 3 is 2.35 bits per heavy atom. The highest BCUT2D eigenvalue weighted by Crippen LogP contribution is 2.57. The molecule has 162 valence electrons. The number of hydrogen-bond donors (Lipinski definition) is 0. The van der Waals surface area contributed by atoms with Gasteiger partial charge in [0.2, 0.25) is 5.72 Å². The molecular formula is C21H21N3O7. The third kappa shape index (κ3) is 2.57. The van der Waals surface area contributed by atoms with Crippen molar-refractivity contribution in [1.29, 1.82) is 0 Å². The summed E-state index contributed by atoms with van der Waals surface area (Å²) in [6.07, 6.45) is 3.21. The van der Waals surface area contributed by atoms with Crippen molar-refractivity contribution < 1.29 is 24.1 Å². The minimum absolute atomic E-state index is 0.000545. The summed E-state index contributed by atoms with van der Waals surface area (Å²) in [4.78, 5) is 23.5. The van der Waals surface area contributed by atoms with Crippen LogP contribution in [0, 0.1) is 20.2 Å². The number of nitro benzene ring substituents is 2. The molecule has 0 saturated carbocycles. The van der Waals surface area contributed by atoms with E-state index in [1.165, 1.54) is 13.2 Å². The van der Waals surface area contributed by atoms with Crippen molar-refractivity contribution in [2.75, 3.05) is 26.2 Å². The number of nitrogens with zero attached hydrogens (tertiary/aromatic N) is 3. The summed E-state index contributed by atoms with van der Waals surface area (Å²) in [6.45, 7) is 4.01. The number of benzene rings is 2. The van der Waals surface area contributed by atoms with Crippen molar-refractivity contribution in [3.8, 4) is 17.2 Å².